The van der Waals surface area contributed by atoms with Crippen molar-refractivity contribution in [1.29, 1.82) is 0 Å². The minimum absolute atomic E-state index is 0.0490. The highest BCUT2D eigenvalue weighted by Gasteiger charge is 2.25. The molecular formula is C18H20FNO5S. The maximum Gasteiger partial charge on any atom is 0.338 e. The lowest BCUT2D eigenvalue weighted by Gasteiger charge is -2.22. The van der Waals surface area contributed by atoms with Crippen molar-refractivity contribution in [1.82, 2.24) is 0 Å². The van der Waals surface area contributed by atoms with E-state index in [1.165, 1.54) is 32.4 Å². The van der Waals surface area contributed by atoms with Crippen LogP contribution in [0.5, 0.6) is 5.75 Å². The zero-order valence-electron chi connectivity index (χ0n) is 14.9. The van der Waals surface area contributed by atoms with Crippen LogP contribution in [0.25, 0.3) is 0 Å². The van der Waals surface area contributed by atoms with E-state index in [0.29, 0.717) is 11.3 Å². The van der Waals surface area contributed by atoms with E-state index >= 15 is 0 Å². The molecule has 0 saturated carbocycles. The average molecular weight is 381 g/mol. The predicted molar refractivity (Wildman–Crippen MR) is 95.7 cm³/mol. The smallest absolute Gasteiger partial charge is 0.338 e. The molecule has 0 unspecified atom stereocenters. The number of hydrogen-bond donors (Lipinski definition) is 0. The zero-order chi connectivity index (χ0) is 19.5. The van der Waals surface area contributed by atoms with Crippen molar-refractivity contribution in [3.05, 3.63) is 53.3 Å². The summed E-state index contributed by atoms with van der Waals surface area (Å²) in [5.74, 6) is -1.37. The SMILES string of the molecule is CCOC(=O)c1ccc(C)c(N(C)S(=O)(=O)c2ccc(OC)c(F)c2)c1. The maximum atomic E-state index is 13.9. The van der Waals surface area contributed by atoms with E-state index in [-0.39, 0.29) is 22.8 Å². The summed E-state index contributed by atoms with van der Waals surface area (Å²) < 4.78 is 50.4. The Kier molecular flexibility index (Phi) is 5.86. The lowest BCUT2D eigenvalue weighted by atomic mass is 10.1. The number of rotatable bonds is 6. The number of anilines is 1. The first-order valence-electron chi connectivity index (χ1n) is 7.82. The molecular weight excluding hydrogens is 361 g/mol. The molecule has 0 saturated heterocycles. The second-order valence-corrected chi connectivity index (χ2v) is 7.46. The van der Waals surface area contributed by atoms with Gasteiger partial charge >= 0.3 is 5.97 Å². The van der Waals surface area contributed by atoms with Gasteiger partial charge in [-0.1, -0.05) is 6.07 Å². The summed E-state index contributed by atoms with van der Waals surface area (Å²) in [5.41, 5.74) is 1.17. The van der Waals surface area contributed by atoms with Crippen LogP contribution in [0.15, 0.2) is 41.3 Å². The molecule has 6 nitrogen and oxygen atoms in total. The fourth-order valence-corrected chi connectivity index (χ4v) is 3.65. The topological polar surface area (TPSA) is 72.9 Å². The first-order chi connectivity index (χ1) is 12.2. The van der Waals surface area contributed by atoms with Gasteiger partial charge in [0.25, 0.3) is 10.0 Å². The number of carbonyl (C=O) groups is 1. The summed E-state index contributed by atoms with van der Waals surface area (Å²) in [5, 5.41) is 0. The maximum absolute atomic E-state index is 13.9. The minimum Gasteiger partial charge on any atom is -0.494 e. The van der Waals surface area contributed by atoms with Crippen LogP contribution in [0.1, 0.15) is 22.8 Å². The Balaban J connectivity index is 2.46. The molecule has 0 aliphatic carbocycles. The standard InChI is InChI=1S/C18H20FNO5S/c1-5-25-18(21)13-7-6-12(2)16(10-13)20(3)26(22,23)14-8-9-17(24-4)15(19)11-14/h6-11H,5H2,1-4H3. The van der Waals surface area contributed by atoms with Gasteiger partial charge in [0.2, 0.25) is 0 Å². The molecule has 0 aromatic heterocycles. The van der Waals surface area contributed by atoms with Gasteiger partial charge in [0.15, 0.2) is 11.6 Å². The molecule has 8 heteroatoms. The van der Waals surface area contributed by atoms with Gasteiger partial charge < -0.3 is 9.47 Å². The van der Waals surface area contributed by atoms with Crippen LogP contribution < -0.4 is 9.04 Å². The number of ether oxygens (including phenoxy) is 2. The third kappa shape index (κ3) is 3.80. The lowest BCUT2D eigenvalue weighted by Crippen LogP contribution is -2.27. The van der Waals surface area contributed by atoms with Crippen LogP contribution in [-0.2, 0) is 14.8 Å². The molecule has 0 spiro atoms. The number of carbonyl (C=O) groups excluding carboxylic acids is 1. The third-order valence-electron chi connectivity index (χ3n) is 3.84. The van der Waals surface area contributed by atoms with Gasteiger partial charge in [0, 0.05) is 7.05 Å². The van der Waals surface area contributed by atoms with Gasteiger partial charge in [-0.3, -0.25) is 4.31 Å². The Bertz CT molecular complexity index is 927. The number of nitrogens with zero attached hydrogens (tertiary/aromatic N) is 1. The molecule has 0 atom stereocenters. The molecule has 0 fully saturated rings. The Hall–Kier alpha value is -2.61. The second kappa shape index (κ2) is 7.74. The molecule has 2 rings (SSSR count). The summed E-state index contributed by atoms with van der Waals surface area (Å²) in [4.78, 5) is 11.7. The van der Waals surface area contributed by atoms with E-state index in [1.54, 1.807) is 26.0 Å². The average Bonchev–Trinajstić information content (AvgIpc) is 2.61. The highest BCUT2D eigenvalue weighted by atomic mass is 32.2. The van der Waals surface area contributed by atoms with Crippen LogP contribution in [0.4, 0.5) is 10.1 Å². The van der Waals surface area contributed by atoms with Crippen molar-refractivity contribution in [2.45, 2.75) is 18.7 Å². The Morgan fingerprint density at radius 1 is 1.19 bits per heavy atom. The molecule has 0 radical (unpaired) electrons. The summed E-state index contributed by atoms with van der Waals surface area (Å²) in [6.07, 6.45) is 0. The van der Waals surface area contributed by atoms with Crippen molar-refractivity contribution in [3.8, 4) is 5.75 Å². The van der Waals surface area contributed by atoms with E-state index < -0.39 is 21.8 Å². The van der Waals surface area contributed by atoms with E-state index in [4.69, 9.17) is 9.47 Å². The number of aryl methyl sites for hydroxylation is 1. The summed E-state index contributed by atoms with van der Waals surface area (Å²) in [7, 11) is -1.39. The summed E-state index contributed by atoms with van der Waals surface area (Å²) in [6, 6.07) is 8.03. The van der Waals surface area contributed by atoms with Gasteiger partial charge in [0.05, 0.1) is 29.9 Å². The van der Waals surface area contributed by atoms with E-state index in [0.717, 1.165) is 10.4 Å². The highest BCUT2D eigenvalue weighted by Crippen LogP contribution is 2.28. The Labute approximate surface area is 152 Å². The van der Waals surface area contributed by atoms with Crippen molar-refractivity contribution in [2.24, 2.45) is 0 Å². The normalized spacial score (nSPS) is 11.1. The van der Waals surface area contributed by atoms with Crippen LogP contribution in [-0.4, -0.2) is 35.2 Å². The van der Waals surface area contributed by atoms with Crippen molar-refractivity contribution >= 4 is 21.7 Å². The van der Waals surface area contributed by atoms with E-state index in [2.05, 4.69) is 0 Å². The Morgan fingerprint density at radius 2 is 1.88 bits per heavy atom. The Morgan fingerprint density at radius 3 is 2.46 bits per heavy atom. The number of halogens is 1. The fraction of sp³-hybridized carbons (Fsp3) is 0.278. The van der Waals surface area contributed by atoms with Gasteiger partial charge in [0.1, 0.15) is 0 Å². The quantitative estimate of drug-likeness (QED) is 0.719. The number of esters is 1. The van der Waals surface area contributed by atoms with Crippen LogP contribution >= 0.6 is 0 Å². The number of sulfonamides is 1. The molecule has 26 heavy (non-hydrogen) atoms. The second-order valence-electron chi connectivity index (χ2n) is 5.49. The van der Waals surface area contributed by atoms with Crippen molar-refractivity contribution in [2.75, 3.05) is 25.1 Å². The highest BCUT2D eigenvalue weighted by molar-refractivity contribution is 7.92. The summed E-state index contributed by atoms with van der Waals surface area (Å²) >= 11 is 0. The number of benzene rings is 2. The predicted octanol–water partition coefficient (Wildman–Crippen LogP) is 3.14. The third-order valence-corrected chi connectivity index (χ3v) is 5.61. The largest absolute Gasteiger partial charge is 0.494 e. The lowest BCUT2D eigenvalue weighted by molar-refractivity contribution is 0.0526. The van der Waals surface area contributed by atoms with Crippen LogP contribution in [0.3, 0.4) is 0 Å². The molecule has 0 amide bonds. The number of hydrogen-bond acceptors (Lipinski definition) is 5. The molecule has 140 valence electrons. The number of methoxy groups -OCH3 is 1. The molecule has 0 heterocycles. The van der Waals surface area contributed by atoms with Crippen LogP contribution in [0, 0.1) is 12.7 Å². The van der Waals surface area contributed by atoms with Gasteiger partial charge in [-0.15, -0.1) is 0 Å². The fourth-order valence-electron chi connectivity index (χ4n) is 2.39. The molecule has 0 aliphatic rings. The van der Waals surface area contributed by atoms with E-state index in [9.17, 15) is 17.6 Å². The molecule has 0 bridgehead atoms. The first kappa shape index (κ1) is 19.7. The van der Waals surface area contributed by atoms with Gasteiger partial charge in [-0.05, 0) is 49.7 Å². The molecule has 2 aromatic carbocycles. The molecule has 0 aliphatic heterocycles. The molecule has 0 N–H and O–H groups in total. The van der Waals surface area contributed by atoms with Gasteiger partial charge in [-0.25, -0.2) is 17.6 Å². The zero-order valence-corrected chi connectivity index (χ0v) is 15.8. The van der Waals surface area contributed by atoms with Crippen LogP contribution in [0.2, 0.25) is 0 Å². The van der Waals surface area contributed by atoms with E-state index in [1.807, 2.05) is 0 Å². The van der Waals surface area contributed by atoms with Crippen molar-refractivity contribution in [3.63, 3.8) is 0 Å². The first-order valence-corrected chi connectivity index (χ1v) is 9.26. The molecule has 2 aromatic rings. The minimum atomic E-state index is -4.03. The monoisotopic (exact) mass is 381 g/mol. The van der Waals surface area contributed by atoms with Crippen molar-refractivity contribution < 1.29 is 27.1 Å². The summed E-state index contributed by atoms with van der Waals surface area (Å²) in [6.45, 7) is 3.61. The van der Waals surface area contributed by atoms with Gasteiger partial charge in [-0.2, -0.15) is 0 Å².